The van der Waals surface area contributed by atoms with Crippen LogP contribution in [0.1, 0.15) is 89.2 Å². The minimum atomic E-state index is -4.11. The van der Waals surface area contributed by atoms with Gasteiger partial charge in [0.25, 0.3) is 0 Å². The molecule has 2 aromatic carbocycles. The van der Waals surface area contributed by atoms with Crippen molar-refractivity contribution in [1.29, 1.82) is 0 Å². The Labute approximate surface area is 214 Å². The molecule has 2 aromatic rings. The van der Waals surface area contributed by atoms with Crippen LogP contribution in [0.25, 0.3) is 0 Å². The van der Waals surface area contributed by atoms with Crippen LogP contribution in [0.2, 0.25) is 0 Å². The fraction of sp³-hybridized carbons (Fsp3) is 0.519. The zero-order valence-corrected chi connectivity index (χ0v) is 22.9. The van der Waals surface area contributed by atoms with Gasteiger partial charge in [-0.2, -0.15) is 8.62 Å². The van der Waals surface area contributed by atoms with Crippen molar-refractivity contribution in [3.05, 3.63) is 71.8 Å². The number of Topliss-reactive ketones (excluding diaryl/α,β-unsaturated/α-hetero) is 1. The van der Waals surface area contributed by atoms with E-state index in [0.29, 0.717) is 25.7 Å². The summed E-state index contributed by atoms with van der Waals surface area (Å²) in [5, 5.41) is 0. The molecule has 3 aliphatic rings. The van der Waals surface area contributed by atoms with Gasteiger partial charge in [-0.25, -0.2) is 9.13 Å². The van der Waals surface area contributed by atoms with Crippen LogP contribution >= 0.6 is 15.6 Å². The first-order chi connectivity index (χ1) is 17.1. The van der Waals surface area contributed by atoms with Crippen LogP contribution in [0, 0.1) is 0 Å². The summed E-state index contributed by atoms with van der Waals surface area (Å²) in [6.07, 6.45) is 7.05. The number of fused-ring (bicyclic) bond motifs is 14. The number of carbonyl (C=O) groups excluding carboxylic acids is 1. The van der Waals surface area contributed by atoms with Gasteiger partial charge in [-0.1, -0.05) is 86.3 Å². The predicted molar refractivity (Wildman–Crippen MR) is 138 cm³/mol. The van der Waals surface area contributed by atoms with Crippen molar-refractivity contribution in [3.63, 3.8) is 0 Å². The lowest BCUT2D eigenvalue weighted by Gasteiger charge is -2.42. The van der Waals surface area contributed by atoms with Crippen molar-refractivity contribution < 1.29 is 31.6 Å². The number of rotatable bonds is 2. The molecule has 0 aliphatic carbocycles. The molecule has 9 heteroatoms. The van der Waals surface area contributed by atoms with E-state index in [1.807, 2.05) is 74.5 Å². The first kappa shape index (κ1) is 27.4. The van der Waals surface area contributed by atoms with E-state index in [4.69, 9.17) is 17.7 Å². The van der Waals surface area contributed by atoms with Crippen molar-refractivity contribution in [3.8, 4) is 0 Å². The van der Waals surface area contributed by atoms with Crippen LogP contribution in [0.15, 0.2) is 60.7 Å². The van der Waals surface area contributed by atoms with Crippen molar-refractivity contribution in [2.45, 2.75) is 89.3 Å². The van der Waals surface area contributed by atoms with E-state index in [2.05, 4.69) is 0 Å². The minimum absolute atomic E-state index is 0.289. The molecule has 0 N–H and O–H groups in total. The lowest BCUT2D eigenvalue weighted by Crippen LogP contribution is -2.30. The lowest BCUT2D eigenvalue weighted by atomic mass is 9.89. The maximum Gasteiger partial charge on any atom is 0.493 e. The highest BCUT2D eigenvalue weighted by atomic mass is 31.3. The fourth-order valence-electron chi connectivity index (χ4n) is 4.93. The first-order valence-corrected chi connectivity index (χ1v) is 15.7. The Morgan fingerprint density at radius 1 is 0.611 bits per heavy atom. The predicted octanol–water partition coefficient (Wildman–Crippen LogP) is 8.60. The van der Waals surface area contributed by atoms with Gasteiger partial charge in [0.1, 0.15) is 17.0 Å². The van der Waals surface area contributed by atoms with Crippen molar-refractivity contribution >= 4 is 21.4 Å². The average molecular weight is 535 g/mol. The van der Waals surface area contributed by atoms with Gasteiger partial charge in [-0.15, -0.1) is 0 Å². The highest BCUT2D eigenvalue weighted by molar-refractivity contribution is 7.75. The van der Waals surface area contributed by atoms with Crippen LogP contribution in [-0.4, -0.2) is 5.78 Å². The lowest BCUT2D eigenvalue weighted by molar-refractivity contribution is -0.119. The van der Waals surface area contributed by atoms with Gasteiger partial charge in [0.05, 0.1) is 0 Å². The van der Waals surface area contributed by atoms with Gasteiger partial charge in [0.2, 0.25) is 0 Å². The van der Waals surface area contributed by atoms with E-state index >= 15 is 0 Å². The molecule has 0 saturated carbocycles. The SMILES string of the molecule is CC1(c2ccccc2)CCCCCC(=O)CCCCCC(C)(c2ccccc2)OP2(=O)OP(=O)(O1)O2. The molecule has 3 fully saturated rings. The second-order valence-corrected chi connectivity index (χ2v) is 13.6. The molecule has 5 rings (SSSR count). The molecule has 7 nitrogen and oxygen atoms in total. The smallest absolute Gasteiger partial charge is 0.300 e. The maximum absolute atomic E-state index is 13.3. The summed E-state index contributed by atoms with van der Waals surface area (Å²) in [6, 6.07) is 18.9. The molecule has 3 heterocycles. The summed E-state index contributed by atoms with van der Waals surface area (Å²) in [7, 11) is -8.21. The number of carbonyl (C=O) groups is 1. The molecule has 3 aliphatic heterocycles. The number of ketones is 1. The third kappa shape index (κ3) is 6.83. The third-order valence-electron chi connectivity index (χ3n) is 7.01. The van der Waals surface area contributed by atoms with Crippen LogP contribution in [0.4, 0.5) is 0 Å². The second-order valence-electron chi connectivity index (χ2n) is 10.1. The van der Waals surface area contributed by atoms with Gasteiger partial charge in [-0.05, 0) is 50.7 Å². The minimum Gasteiger partial charge on any atom is -0.300 e. The molecule has 2 bridgehead atoms. The quantitative estimate of drug-likeness (QED) is 0.357. The van der Waals surface area contributed by atoms with E-state index in [1.54, 1.807) is 0 Å². The number of hydrogen-bond donors (Lipinski definition) is 0. The van der Waals surface area contributed by atoms with Gasteiger partial charge < -0.3 is 0 Å². The highest BCUT2D eigenvalue weighted by Crippen LogP contribution is 2.85. The zero-order chi connectivity index (χ0) is 25.7. The molecule has 0 radical (unpaired) electrons. The summed E-state index contributed by atoms with van der Waals surface area (Å²) < 4.78 is 49.4. The standard InChI is InChI=1S/C27H36O7P2/c1-26(23-15-7-3-8-16-23)21-13-5-11-19-25(28)20-12-6-14-22-27(2,24-17-9-4-10-18-24)32-36(30)33-35(29,31-26)34-36/h3-4,7-10,15-18H,5-6,11-14,19-22H2,1-2H3. The Bertz CT molecular complexity index is 1020. The molecule has 2 unspecified atom stereocenters. The Hall–Kier alpha value is -1.59. The molecule has 196 valence electrons. The Balaban J connectivity index is 1.58. The van der Waals surface area contributed by atoms with Crippen molar-refractivity contribution in [2.75, 3.05) is 0 Å². The Kier molecular flexibility index (Phi) is 8.71. The van der Waals surface area contributed by atoms with Gasteiger partial charge in [0, 0.05) is 12.8 Å². The molecule has 3 saturated heterocycles. The van der Waals surface area contributed by atoms with E-state index in [9.17, 15) is 13.9 Å². The molecule has 0 spiro atoms. The van der Waals surface area contributed by atoms with Gasteiger partial charge in [0.15, 0.2) is 0 Å². The Morgan fingerprint density at radius 2 is 1.00 bits per heavy atom. The van der Waals surface area contributed by atoms with E-state index in [-0.39, 0.29) is 5.78 Å². The van der Waals surface area contributed by atoms with Crippen LogP contribution in [0.5, 0.6) is 0 Å². The Morgan fingerprint density at radius 3 is 1.39 bits per heavy atom. The average Bonchev–Trinajstić information content (AvgIpc) is 2.83. The molecular formula is C27H36O7P2. The summed E-state index contributed by atoms with van der Waals surface area (Å²) in [6.45, 7) is 3.66. The van der Waals surface area contributed by atoms with Crippen LogP contribution in [-0.2, 0) is 42.8 Å². The largest absolute Gasteiger partial charge is 0.493 e. The third-order valence-corrected chi connectivity index (χ3v) is 11.5. The van der Waals surface area contributed by atoms with E-state index in [1.165, 1.54) is 0 Å². The molecule has 36 heavy (non-hydrogen) atoms. The summed E-state index contributed by atoms with van der Waals surface area (Å²) in [4.78, 5) is 12.4. The first-order valence-electron chi connectivity index (χ1n) is 12.8. The van der Waals surface area contributed by atoms with Crippen LogP contribution in [0.3, 0.4) is 0 Å². The molecule has 2 atom stereocenters. The fourth-order valence-corrected chi connectivity index (χ4v) is 8.85. The van der Waals surface area contributed by atoms with Crippen molar-refractivity contribution in [2.24, 2.45) is 0 Å². The van der Waals surface area contributed by atoms with Crippen molar-refractivity contribution in [1.82, 2.24) is 0 Å². The summed E-state index contributed by atoms with van der Waals surface area (Å²) in [5.74, 6) is 0.289. The normalized spacial score (nSPS) is 35.2. The molecule has 0 amide bonds. The number of benzene rings is 2. The summed E-state index contributed by atoms with van der Waals surface area (Å²) >= 11 is 0. The van der Waals surface area contributed by atoms with Gasteiger partial charge >= 0.3 is 15.6 Å². The number of hydrogen-bond acceptors (Lipinski definition) is 7. The maximum atomic E-state index is 13.3. The summed E-state index contributed by atoms with van der Waals surface area (Å²) in [5.41, 5.74) is -0.343. The molecule has 0 aromatic heterocycles. The zero-order valence-electron chi connectivity index (χ0n) is 21.1. The van der Waals surface area contributed by atoms with E-state index < -0.39 is 26.8 Å². The van der Waals surface area contributed by atoms with Crippen LogP contribution < -0.4 is 0 Å². The highest BCUT2D eigenvalue weighted by Gasteiger charge is 2.61. The van der Waals surface area contributed by atoms with E-state index in [0.717, 1.165) is 49.7 Å². The monoisotopic (exact) mass is 534 g/mol. The topological polar surface area (TPSA) is 88.1 Å². The van der Waals surface area contributed by atoms with Gasteiger partial charge in [-0.3, -0.25) is 13.8 Å². The second kappa shape index (κ2) is 11.4. The molecular weight excluding hydrogens is 498 g/mol. The number of phosphoric acid groups is 2.